The Morgan fingerprint density at radius 3 is 2.74 bits per heavy atom. The molecule has 1 heterocycles. The molecule has 160 valence electrons. The van der Waals surface area contributed by atoms with Gasteiger partial charge in [0.15, 0.2) is 0 Å². The molecular weight excluding hydrogens is 406 g/mol. The quantitative estimate of drug-likeness (QED) is 0.578. The predicted molar refractivity (Wildman–Crippen MR) is 127 cm³/mol. The van der Waals surface area contributed by atoms with Gasteiger partial charge in [-0.05, 0) is 86.0 Å². The van der Waals surface area contributed by atoms with Crippen molar-refractivity contribution < 1.29 is 4.79 Å². The molecule has 3 aliphatic rings. The zero-order chi connectivity index (χ0) is 21.4. The largest absolute Gasteiger partial charge is 0.349 e. The van der Waals surface area contributed by atoms with Gasteiger partial charge in [0.25, 0.3) is 5.91 Å². The summed E-state index contributed by atoms with van der Waals surface area (Å²) in [5.74, 6) is -0.0293. The number of aryl methyl sites for hydroxylation is 1. The van der Waals surface area contributed by atoms with Gasteiger partial charge in [0.05, 0.1) is 12.0 Å². The van der Waals surface area contributed by atoms with Gasteiger partial charge in [-0.1, -0.05) is 18.2 Å². The van der Waals surface area contributed by atoms with E-state index in [0.717, 1.165) is 35.4 Å². The summed E-state index contributed by atoms with van der Waals surface area (Å²) in [6.45, 7) is 2.02. The number of hydrogen-bond acceptors (Lipinski definition) is 6. The monoisotopic (exact) mass is 433 g/mol. The molecule has 2 aromatic rings. The van der Waals surface area contributed by atoms with Crippen LogP contribution in [-0.4, -0.2) is 30.5 Å². The maximum absolute atomic E-state index is 12.5. The fourth-order valence-electron chi connectivity index (χ4n) is 3.47. The Kier molecular flexibility index (Phi) is 5.56. The highest BCUT2D eigenvalue weighted by atomic mass is 32.2. The van der Waals surface area contributed by atoms with Crippen molar-refractivity contribution in [3.8, 4) is 0 Å². The van der Waals surface area contributed by atoms with Gasteiger partial charge in [0.1, 0.15) is 6.17 Å². The average Bonchev–Trinajstić information content (AvgIpc) is 3.69. The zero-order valence-corrected chi connectivity index (χ0v) is 18.4. The molecule has 0 spiro atoms. The number of nitrogens with two attached hydrogens (primary N) is 1. The number of benzene rings is 2. The van der Waals surface area contributed by atoms with Crippen LogP contribution in [0, 0.1) is 6.92 Å². The van der Waals surface area contributed by atoms with Crippen molar-refractivity contribution in [1.82, 2.24) is 10.0 Å². The minimum absolute atomic E-state index is 0.0293. The molecule has 6 nitrogen and oxygen atoms in total. The van der Waals surface area contributed by atoms with Gasteiger partial charge in [-0.3, -0.25) is 9.52 Å². The second-order valence-electron chi connectivity index (χ2n) is 8.48. The number of anilines is 1. The molecule has 2 aliphatic carbocycles. The third kappa shape index (κ3) is 4.84. The standard InChI is InChI=1S/C24H27N5OS/c1-15-5-6-17(24(30)27-18-7-8-18)13-22(15)29-14-26-21(23(29)25)12-16-3-2-4-20(11-16)31-28-19-9-10-19/h2-6,11-14,18-19,23,28H,7-10,25H2,1H3,(H,27,30). The molecule has 7 heteroatoms. The SMILES string of the molecule is Cc1ccc(C(=O)NC2CC2)cc1N1C=NC(=Cc2cccc(SNC3CC3)c2)C1N. The molecule has 0 aromatic heterocycles. The smallest absolute Gasteiger partial charge is 0.251 e. The normalized spacial score (nSPS) is 21.7. The Balaban J connectivity index is 1.32. The van der Waals surface area contributed by atoms with Gasteiger partial charge in [-0.15, -0.1) is 0 Å². The number of carbonyl (C=O) groups is 1. The first-order chi connectivity index (χ1) is 15.1. The van der Waals surface area contributed by atoms with E-state index in [0.29, 0.717) is 17.6 Å². The molecule has 2 aromatic carbocycles. The lowest BCUT2D eigenvalue weighted by Crippen LogP contribution is -2.38. The lowest BCUT2D eigenvalue weighted by Gasteiger charge is -2.23. The van der Waals surface area contributed by atoms with E-state index in [9.17, 15) is 4.79 Å². The summed E-state index contributed by atoms with van der Waals surface area (Å²) in [5.41, 5.74) is 11.0. The van der Waals surface area contributed by atoms with Gasteiger partial charge in [-0.25, -0.2) is 4.99 Å². The number of hydrogen-bond donors (Lipinski definition) is 3. The summed E-state index contributed by atoms with van der Waals surface area (Å²) in [7, 11) is 0. The van der Waals surface area contributed by atoms with E-state index in [4.69, 9.17) is 5.73 Å². The van der Waals surface area contributed by atoms with Crippen LogP contribution in [0.2, 0.25) is 0 Å². The van der Waals surface area contributed by atoms with Gasteiger partial charge < -0.3 is 16.0 Å². The van der Waals surface area contributed by atoms with Gasteiger partial charge >= 0.3 is 0 Å². The number of amides is 1. The first-order valence-electron chi connectivity index (χ1n) is 10.8. The van der Waals surface area contributed by atoms with Crippen molar-refractivity contribution >= 4 is 36.0 Å². The highest BCUT2D eigenvalue weighted by Gasteiger charge is 2.27. The third-order valence-electron chi connectivity index (χ3n) is 5.69. The molecule has 1 atom stereocenters. The maximum Gasteiger partial charge on any atom is 0.251 e. The van der Waals surface area contributed by atoms with Crippen LogP contribution in [-0.2, 0) is 0 Å². The average molecular weight is 434 g/mol. The first kappa shape index (κ1) is 20.3. The highest BCUT2D eigenvalue weighted by molar-refractivity contribution is 7.97. The fourth-order valence-corrected chi connectivity index (χ4v) is 4.35. The van der Waals surface area contributed by atoms with Crippen molar-refractivity contribution in [3.05, 3.63) is 64.9 Å². The van der Waals surface area contributed by atoms with Crippen LogP contribution >= 0.6 is 11.9 Å². The number of nitrogens with zero attached hydrogens (tertiary/aromatic N) is 2. The van der Waals surface area contributed by atoms with E-state index < -0.39 is 6.17 Å². The minimum atomic E-state index is -0.402. The first-order valence-corrected chi connectivity index (χ1v) is 11.6. The molecule has 2 fully saturated rings. The molecule has 5 rings (SSSR count). The van der Waals surface area contributed by atoms with E-state index in [1.807, 2.05) is 36.1 Å². The Labute approximate surface area is 187 Å². The Morgan fingerprint density at radius 2 is 1.97 bits per heavy atom. The van der Waals surface area contributed by atoms with Crippen LogP contribution in [0.3, 0.4) is 0 Å². The van der Waals surface area contributed by atoms with Crippen molar-refractivity contribution in [2.75, 3.05) is 4.90 Å². The molecule has 4 N–H and O–H groups in total. The lowest BCUT2D eigenvalue weighted by molar-refractivity contribution is 0.0951. The molecule has 31 heavy (non-hydrogen) atoms. The lowest BCUT2D eigenvalue weighted by atomic mass is 10.1. The molecule has 0 bridgehead atoms. The predicted octanol–water partition coefficient (Wildman–Crippen LogP) is 3.82. The van der Waals surface area contributed by atoms with Crippen LogP contribution in [0.1, 0.15) is 47.2 Å². The highest BCUT2D eigenvalue weighted by Crippen LogP contribution is 2.30. The fraction of sp³-hybridized carbons (Fsp3) is 0.333. The van der Waals surface area contributed by atoms with Crippen LogP contribution in [0.25, 0.3) is 6.08 Å². The molecule has 1 aliphatic heterocycles. The topological polar surface area (TPSA) is 82.8 Å². The number of aliphatic imine (C=N–C) groups is 1. The molecule has 0 saturated heterocycles. The molecule has 1 amide bonds. The van der Waals surface area contributed by atoms with Gasteiger partial charge in [0, 0.05) is 28.2 Å². The molecule has 1 unspecified atom stereocenters. The zero-order valence-electron chi connectivity index (χ0n) is 17.5. The Hall–Kier alpha value is -2.61. The van der Waals surface area contributed by atoms with E-state index in [1.165, 1.54) is 17.7 Å². The van der Waals surface area contributed by atoms with E-state index in [1.54, 1.807) is 18.3 Å². The van der Waals surface area contributed by atoms with Crippen molar-refractivity contribution in [2.45, 2.75) is 55.8 Å². The number of nitrogens with one attached hydrogen (secondary N) is 2. The van der Waals surface area contributed by atoms with Crippen LogP contribution < -0.4 is 20.7 Å². The van der Waals surface area contributed by atoms with Gasteiger partial charge in [-0.2, -0.15) is 0 Å². The number of rotatable bonds is 7. The summed E-state index contributed by atoms with van der Waals surface area (Å²) in [5, 5.41) is 3.05. The van der Waals surface area contributed by atoms with Crippen LogP contribution in [0.5, 0.6) is 0 Å². The number of carbonyl (C=O) groups excluding carboxylic acids is 1. The summed E-state index contributed by atoms with van der Waals surface area (Å²) < 4.78 is 3.47. The van der Waals surface area contributed by atoms with Crippen LogP contribution in [0.4, 0.5) is 5.69 Å². The summed E-state index contributed by atoms with van der Waals surface area (Å²) in [6, 6.07) is 15.1. The van der Waals surface area contributed by atoms with E-state index >= 15 is 0 Å². The van der Waals surface area contributed by atoms with E-state index in [2.05, 4.69) is 39.3 Å². The van der Waals surface area contributed by atoms with Crippen molar-refractivity contribution in [3.63, 3.8) is 0 Å². The molecular formula is C24H27N5OS. The van der Waals surface area contributed by atoms with Crippen LogP contribution in [0.15, 0.2) is 58.0 Å². The summed E-state index contributed by atoms with van der Waals surface area (Å²) in [6.07, 6.45) is 8.05. The summed E-state index contributed by atoms with van der Waals surface area (Å²) >= 11 is 1.68. The Morgan fingerprint density at radius 1 is 1.16 bits per heavy atom. The minimum Gasteiger partial charge on any atom is -0.349 e. The summed E-state index contributed by atoms with van der Waals surface area (Å²) in [4.78, 5) is 20.2. The van der Waals surface area contributed by atoms with E-state index in [-0.39, 0.29) is 5.91 Å². The van der Waals surface area contributed by atoms with Gasteiger partial charge in [0.2, 0.25) is 0 Å². The van der Waals surface area contributed by atoms with Crippen molar-refractivity contribution in [2.24, 2.45) is 10.7 Å². The third-order valence-corrected chi connectivity index (χ3v) is 6.63. The second-order valence-corrected chi connectivity index (χ2v) is 9.39. The second kappa shape index (κ2) is 8.49. The molecule has 0 radical (unpaired) electrons. The maximum atomic E-state index is 12.5. The Bertz CT molecular complexity index is 1060. The van der Waals surface area contributed by atoms with Crippen molar-refractivity contribution in [1.29, 1.82) is 0 Å². The molecule has 2 saturated carbocycles.